The lowest BCUT2D eigenvalue weighted by Crippen LogP contribution is -2.49. The molecule has 1 saturated heterocycles. The zero-order chi connectivity index (χ0) is 21.0. The Labute approximate surface area is 176 Å². The van der Waals surface area contributed by atoms with Crippen LogP contribution in [0.1, 0.15) is 24.0 Å². The van der Waals surface area contributed by atoms with Crippen molar-refractivity contribution >= 4 is 27.5 Å². The molecule has 3 rings (SSSR count). The zero-order valence-electron chi connectivity index (χ0n) is 16.3. The molecule has 2 atom stereocenters. The molecule has 1 amide bonds. The SMILES string of the molecule is Cc1cccc(CS(=O)(=O)N2CC[C@H](Oc3ccc(Cl)cc3)[C@@H](CC(N)=O)C2)c1. The topological polar surface area (TPSA) is 89.7 Å². The molecule has 0 spiro atoms. The van der Waals surface area contributed by atoms with Crippen LogP contribution >= 0.6 is 11.6 Å². The monoisotopic (exact) mass is 436 g/mol. The summed E-state index contributed by atoms with van der Waals surface area (Å²) in [4.78, 5) is 11.6. The third-order valence-corrected chi connectivity index (χ3v) is 7.08. The molecule has 29 heavy (non-hydrogen) atoms. The van der Waals surface area contributed by atoms with E-state index in [-0.39, 0.29) is 30.7 Å². The standard InChI is InChI=1S/C21H25ClN2O4S/c1-15-3-2-4-16(11-15)14-29(26,27)24-10-9-20(17(13-24)12-21(23)25)28-19-7-5-18(22)6-8-19/h2-8,11,17,20H,9-10,12-14H2,1H3,(H2,23,25)/t17-,20-/m0/s1. The molecule has 6 nitrogen and oxygen atoms in total. The highest BCUT2D eigenvalue weighted by atomic mass is 35.5. The molecule has 0 unspecified atom stereocenters. The minimum Gasteiger partial charge on any atom is -0.490 e. The molecule has 2 N–H and O–H groups in total. The van der Waals surface area contributed by atoms with Crippen molar-refractivity contribution in [2.24, 2.45) is 11.7 Å². The Hall–Kier alpha value is -2.09. The van der Waals surface area contributed by atoms with Gasteiger partial charge >= 0.3 is 0 Å². The van der Waals surface area contributed by atoms with Gasteiger partial charge in [-0.25, -0.2) is 12.7 Å². The number of aryl methyl sites for hydroxylation is 1. The summed E-state index contributed by atoms with van der Waals surface area (Å²) in [6.45, 7) is 2.47. The third-order valence-electron chi connectivity index (χ3n) is 5.02. The van der Waals surface area contributed by atoms with Gasteiger partial charge in [0.15, 0.2) is 0 Å². The molecule has 2 aromatic rings. The number of amides is 1. The van der Waals surface area contributed by atoms with E-state index in [0.29, 0.717) is 23.7 Å². The number of rotatable bonds is 7. The highest BCUT2D eigenvalue weighted by Gasteiger charge is 2.36. The summed E-state index contributed by atoms with van der Waals surface area (Å²) in [7, 11) is -3.52. The number of benzene rings is 2. The van der Waals surface area contributed by atoms with E-state index in [9.17, 15) is 13.2 Å². The molecule has 1 aliphatic heterocycles. The van der Waals surface area contributed by atoms with Crippen LogP contribution in [0.5, 0.6) is 5.75 Å². The Morgan fingerprint density at radius 2 is 1.97 bits per heavy atom. The van der Waals surface area contributed by atoms with Crippen LogP contribution in [0, 0.1) is 12.8 Å². The first-order valence-electron chi connectivity index (χ1n) is 9.47. The van der Waals surface area contributed by atoms with Crippen LogP contribution in [0.2, 0.25) is 5.02 Å². The van der Waals surface area contributed by atoms with Crippen molar-refractivity contribution in [2.45, 2.75) is 31.6 Å². The van der Waals surface area contributed by atoms with Crippen LogP contribution in [0.3, 0.4) is 0 Å². The van der Waals surface area contributed by atoms with E-state index >= 15 is 0 Å². The molecule has 8 heteroatoms. The van der Waals surface area contributed by atoms with Crippen molar-refractivity contribution < 1.29 is 17.9 Å². The van der Waals surface area contributed by atoms with E-state index in [2.05, 4.69) is 0 Å². The Morgan fingerprint density at radius 3 is 2.62 bits per heavy atom. The van der Waals surface area contributed by atoms with Crippen LogP contribution in [-0.4, -0.2) is 37.8 Å². The van der Waals surface area contributed by atoms with E-state index in [1.165, 1.54) is 4.31 Å². The van der Waals surface area contributed by atoms with E-state index in [4.69, 9.17) is 22.1 Å². The van der Waals surface area contributed by atoms with Crippen molar-refractivity contribution in [2.75, 3.05) is 13.1 Å². The molecule has 0 saturated carbocycles. The molecule has 156 valence electrons. The summed E-state index contributed by atoms with van der Waals surface area (Å²) in [6.07, 6.45) is 0.247. The predicted molar refractivity (Wildman–Crippen MR) is 113 cm³/mol. The Kier molecular flexibility index (Phi) is 6.82. The van der Waals surface area contributed by atoms with Crippen LogP contribution in [0.25, 0.3) is 0 Å². The van der Waals surface area contributed by atoms with Crippen LogP contribution in [-0.2, 0) is 20.6 Å². The molecule has 0 radical (unpaired) electrons. The number of piperidine rings is 1. The molecular weight excluding hydrogens is 412 g/mol. The predicted octanol–water partition coefficient (Wildman–Crippen LogP) is 3.12. The van der Waals surface area contributed by atoms with Gasteiger partial charge in [0.1, 0.15) is 11.9 Å². The molecule has 1 aliphatic rings. The third kappa shape index (κ3) is 5.95. The number of carbonyl (C=O) groups is 1. The Morgan fingerprint density at radius 1 is 1.24 bits per heavy atom. The van der Waals surface area contributed by atoms with Gasteiger partial charge in [0.05, 0.1) is 5.75 Å². The normalized spacial score (nSPS) is 20.3. The maximum atomic E-state index is 13.0. The van der Waals surface area contributed by atoms with Crippen LogP contribution in [0.15, 0.2) is 48.5 Å². The second-order valence-electron chi connectivity index (χ2n) is 7.43. The highest BCUT2D eigenvalue weighted by molar-refractivity contribution is 7.88. The van der Waals surface area contributed by atoms with Crippen molar-refractivity contribution in [3.63, 3.8) is 0 Å². The molecule has 0 aliphatic carbocycles. The summed E-state index contributed by atoms with van der Waals surface area (Å²) >= 11 is 5.91. The largest absolute Gasteiger partial charge is 0.490 e. The second kappa shape index (κ2) is 9.15. The average molecular weight is 437 g/mol. The number of carbonyl (C=O) groups excluding carboxylic acids is 1. The summed E-state index contributed by atoms with van der Waals surface area (Å²) < 4.78 is 33.4. The van der Waals surface area contributed by atoms with E-state index in [1.807, 2.05) is 31.2 Å². The lowest BCUT2D eigenvalue weighted by atomic mass is 9.92. The fourth-order valence-corrected chi connectivity index (χ4v) is 5.34. The first-order valence-corrected chi connectivity index (χ1v) is 11.5. The summed E-state index contributed by atoms with van der Waals surface area (Å²) in [6, 6.07) is 14.4. The number of ether oxygens (including phenoxy) is 1. The van der Waals surface area contributed by atoms with Crippen molar-refractivity contribution in [1.82, 2.24) is 4.31 Å². The summed E-state index contributed by atoms with van der Waals surface area (Å²) in [5.74, 6) is -0.229. The lowest BCUT2D eigenvalue weighted by molar-refractivity contribution is -0.120. The fraction of sp³-hybridized carbons (Fsp3) is 0.381. The highest BCUT2D eigenvalue weighted by Crippen LogP contribution is 2.28. The lowest BCUT2D eigenvalue weighted by Gasteiger charge is -2.37. The minimum absolute atomic E-state index is 0.0642. The first kappa shape index (κ1) is 21.6. The van der Waals surface area contributed by atoms with Crippen molar-refractivity contribution in [3.05, 3.63) is 64.7 Å². The van der Waals surface area contributed by atoms with E-state index in [1.54, 1.807) is 24.3 Å². The molecule has 2 aromatic carbocycles. The number of hydrogen-bond acceptors (Lipinski definition) is 4. The van der Waals surface area contributed by atoms with Gasteiger partial charge in [0, 0.05) is 30.5 Å². The first-order chi connectivity index (χ1) is 13.7. The fourth-order valence-electron chi connectivity index (χ4n) is 3.63. The number of halogens is 1. The zero-order valence-corrected chi connectivity index (χ0v) is 17.8. The van der Waals surface area contributed by atoms with Crippen LogP contribution < -0.4 is 10.5 Å². The Bertz CT molecular complexity index is 963. The van der Waals surface area contributed by atoms with Gasteiger partial charge in [-0.05, 0) is 43.2 Å². The molecule has 1 fully saturated rings. The van der Waals surface area contributed by atoms with Gasteiger partial charge in [-0.2, -0.15) is 0 Å². The Balaban J connectivity index is 1.73. The smallest absolute Gasteiger partial charge is 0.218 e. The molecule has 0 aromatic heterocycles. The second-order valence-corrected chi connectivity index (χ2v) is 9.84. The number of nitrogens with zero attached hydrogens (tertiary/aromatic N) is 1. The number of sulfonamides is 1. The quantitative estimate of drug-likeness (QED) is 0.722. The minimum atomic E-state index is -3.52. The number of hydrogen-bond donors (Lipinski definition) is 1. The van der Waals surface area contributed by atoms with E-state index in [0.717, 1.165) is 11.1 Å². The number of primary amides is 1. The van der Waals surface area contributed by atoms with Gasteiger partial charge in [0.25, 0.3) is 0 Å². The van der Waals surface area contributed by atoms with Crippen molar-refractivity contribution in [1.29, 1.82) is 0 Å². The van der Waals surface area contributed by atoms with Gasteiger partial charge in [-0.15, -0.1) is 0 Å². The summed E-state index contributed by atoms with van der Waals surface area (Å²) in [5, 5.41) is 0.600. The van der Waals surface area contributed by atoms with Gasteiger partial charge in [-0.3, -0.25) is 4.79 Å². The van der Waals surface area contributed by atoms with Crippen LogP contribution in [0.4, 0.5) is 0 Å². The van der Waals surface area contributed by atoms with Gasteiger partial charge in [0.2, 0.25) is 15.9 Å². The maximum absolute atomic E-state index is 13.0. The average Bonchev–Trinajstić information content (AvgIpc) is 2.64. The van der Waals surface area contributed by atoms with Gasteiger partial charge < -0.3 is 10.5 Å². The molecular formula is C21H25ClN2O4S. The molecule has 0 bridgehead atoms. The maximum Gasteiger partial charge on any atom is 0.218 e. The molecule has 1 heterocycles. The van der Waals surface area contributed by atoms with Crippen molar-refractivity contribution in [3.8, 4) is 5.75 Å². The van der Waals surface area contributed by atoms with Gasteiger partial charge in [-0.1, -0.05) is 41.4 Å². The van der Waals surface area contributed by atoms with E-state index < -0.39 is 15.9 Å². The summed E-state index contributed by atoms with van der Waals surface area (Å²) in [5.41, 5.74) is 7.17. The number of nitrogens with two attached hydrogens (primary N) is 1.